The lowest BCUT2D eigenvalue weighted by Gasteiger charge is -2.19. The van der Waals surface area contributed by atoms with Gasteiger partial charge in [0.2, 0.25) is 0 Å². The summed E-state index contributed by atoms with van der Waals surface area (Å²) in [4.78, 5) is 16.9. The summed E-state index contributed by atoms with van der Waals surface area (Å²) in [6, 6.07) is 13.4. The van der Waals surface area contributed by atoms with Gasteiger partial charge < -0.3 is 10.1 Å². The number of carbonyl (C=O) groups excluding carboxylic acids is 1. The SMILES string of the molecule is CON(C)S(=O)(=O)c1ccc(NC(=O)COc2cccc(C(C)(C)C)c2)cc1. The first-order valence-corrected chi connectivity index (χ1v) is 10.1. The number of hydrogen-bond donors (Lipinski definition) is 1. The Labute approximate surface area is 166 Å². The number of nitrogens with one attached hydrogen (secondary N) is 1. The highest BCUT2D eigenvalue weighted by atomic mass is 32.2. The first-order chi connectivity index (χ1) is 13.0. The average Bonchev–Trinajstić information content (AvgIpc) is 2.65. The Hall–Kier alpha value is -2.42. The van der Waals surface area contributed by atoms with E-state index >= 15 is 0 Å². The van der Waals surface area contributed by atoms with Gasteiger partial charge in [0, 0.05) is 12.7 Å². The molecule has 1 N–H and O–H groups in total. The molecule has 0 bridgehead atoms. The first kappa shape index (κ1) is 21.9. The Morgan fingerprint density at radius 2 is 1.75 bits per heavy atom. The molecule has 2 aromatic carbocycles. The van der Waals surface area contributed by atoms with Crippen LogP contribution in [0.4, 0.5) is 5.69 Å². The van der Waals surface area contributed by atoms with E-state index in [9.17, 15) is 13.2 Å². The van der Waals surface area contributed by atoms with E-state index in [0.717, 1.165) is 10.0 Å². The third kappa shape index (κ3) is 5.54. The molecule has 0 aliphatic rings. The van der Waals surface area contributed by atoms with Crippen molar-refractivity contribution in [1.82, 2.24) is 4.47 Å². The number of nitrogens with zero attached hydrogens (tertiary/aromatic N) is 1. The van der Waals surface area contributed by atoms with Crippen molar-refractivity contribution in [1.29, 1.82) is 0 Å². The van der Waals surface area contributed by atoms with Crippen LogP contribution in [-0.2, 0) is 25.1 Å². The van der Waals surface area contributed by atoms with Gasteiger partial charge >= 0.3 is 0 Å². The average molecular weight is 407 g/mol. The van der Waals surface area contributed by atoms with Gasteiger partial charge in [0.1, 0.15) is 5.75 Å². The van der Waals surface area contributed by atoms with Gasteiger partial charge in [0.05, 0.1) is 12.0 Å². The second-order valence-electron chi connectivity index (χ2n) is 7.24. The predicted octanol–water partition coefficient (Wildman–Crippen LogP) is 3.18. The molecule has 8 heteroatoms. The van der Waals surface area contributed by atoms with Crippen LogP contribution in [0.15, 0.2) is 53.4 Å². The van der Waals surface area contributed by atoms with Gasteiger partial charge in [-0.1, -0.05) is 37.4 Å². The Morgan fingerprint density at radius 3 is 2.32 bits per heavy atom. The zero-order valence-electron chi connectivity index (χ0n) is 16.7. The zero-order chi connectivity index (χ0) is 20.9. The predicted molar refractivity (Wildman–Crippen MR) is 108 cm³/mol. The summed E-state index contributed by atoms with van der Waals surface area (Å²) in [6.07, 6.45) is 0. The highest BCUT2D eigenvalue weighted by Gasteiger charge is 2.20. The largest absolute Gasteiger partial charge is 0.484 e. The normalized spacial score (nSPS) is 12.1. The summed E-state index contributed by atoms with van der Waals surface area (Å²) >= 11 is 0. The molecule has 0 unspecified atom stereocenters. The van der Waals surface area contributed by atoms with Crippen molar-refractivity contribution in [3.63, 3.8) is 0 Å². The monoisotopic (exact) mass is 406 g/mol. The Kier molecular flexibility index (Phi) is 6.82. The highest BCUT2D eigenvalue weighted by molar-refractivity contribution is 7.89. The number of sulfonamides is 1. The van der Waals surface area contributed by atoms with Crippen molar-refractivity contribution in [2.45, 2.75) is 31.1 Å². The quantitative estimate of drug-likeness (QED) is 0.714. The number of benzene rings is 2. The van der Waals surface area contributed by atoms with E-state index in [2.05, 4.69) is 26.1 Å². The van der Waals surface area contributed by atoms with Crippen molar-refractivity contribution in [3.05, 3.63) is 54.1 Å². The molecule has 7 nitrogen and oxygen atoms in total. The molecule has 152 valence electrons. The van der Waals surface area contributed by atoms with Crippen molar-refractivity contribution in [3.8, 4) is 5.75 Å². The lowest BCUT2D eigenvalue weighted by molar-refractivity contribution is -0.118. The summed E-state index contributed by atoms with van der Waals surface area (Å²) in [5.41, 5.74) is 1.57. The van der Waals surface area contributed by atoms with Crippen LogP contribution in [0.1, 0.15) is 26.3 Å². The number of hydroxylamine groups is 1. The molecule has 0 atom stereocenters. The fourth-order valence-electron chi connectivity index (χ4n) is 2.36. The van der Waals surface area contributed by atoms with Gasteiger partial charge in [-0.2, -0.15) is 0 Å². The third-order valence-electron chi connectivity index (χ3n) is 4.10. The maximum atomic E-state index is 12.1. The molecule has 0 saturated heterocycles. The molecule has 2 rings (SSSR count). The number of hydrogen-bond acceptors (Lipinski definition) is 5. The number of carbonyl (C=O) groups is 1. The van der Waals surface area contributed by atoms with Crippen LogP contribution in [0.2, 0.25) is 0 Å². The second-order valence-corrected chi connectivity index (χ2v) is 9.17. The Morgan fingerprint density at radius 1 is 1.11 bits per heavy atom. The van der Waals surface area contributed by atoms with Crippen molar-refractivity contribution < 1.29 is 22.8 Å². The molecule has 0 aliphatic heterocycles. The van der Waals surface area contributed by atoms with Crippen LogP contribution in [0.3, 0.4) is 0 Å². The van der Waals surface area contributed by atoms with E-state index in [0.29, 0.717) is 11.4 Å². The number of ether oxygens (including phenoxy) is 1. The van der Waals surface area contributed by atoms with Crippen LogP contribution < -0.4 is 10.1 Å². The Bertz CT molecular complexity index is 918. The van der Waals surface area contributed by atoms with E-state index in [-0.39, 0.29) is 22.8 Å². The summed E-state index contributed by atoms with van der Waals surface area (Å²) in [5.74, 6) is 0.275. The van der Waals surface area contributed by atoms with Gasteiger partial charge in [0.25, 0.3) is 15.9 Å². The summed E-state index contributed by atoms with van der Waals surface area (Å²) < 4.78 is 30.6. The molecule has 0 radical (unpaired) electrons. The van der Waals surface area contributed by atoms with Crippen LogP contribution in [-0.4, -0.2) is 39.6 Å². The summed E-state index contributed by atoms with van der Waals surface area (Å²) in [6.45, 7) is 6.16. The topological polar surface area (TPSA) is 84.9 Å². The summed E-state index contributed by atoms with van der Waals surface area (Å²) in [7, 11) is -1.15. The van der Waals surface area contributed by atoms with Gasteiger partial charge in [-0.3, -0.25) is 9.63 Å². The molecule has 2 aromatic rings. The fraction of sp³-hybridized carbons (Fsp3) is 0.350. The molecule has 0 aromatic heterocycles. The van der Waals surface area contributed by atoms with Crippen LogP contribution >= 0.6 is 0 Å². The van der Waals surface area contributed by atoms with Crippen LogP contribution in [0.25, 0.3) is 0 Å². The van der Waals surface area contributed by atoms with Gasteiger partial charge in [-0.05, 0) is 47.4 Å². The Balaban J connectivity index is 1.97. The van der Waals surface area contributed by atoms with E-state index in [1.165, 1.54) is 38.4 Å². The highest BCUT2D eigenvalue weighted by Crippen LogP contribution is 2.25. The summed E-state index contributed by atoms with van der Waals surface area (Å²) in [5, 5.41) is 2.68. The fourth-order valence-corrected chi connectivity index (χ4v) is 3.33. The minimum absolute atomic E-state index is 0.0133. The maximum Gasteiger partial charge on any atom is 0.264 e. The molecule has 28 heavy (non-hydrogen) atoms. The first-order valence-electron chi connectivity index (χ1n) is 8.70. The van der Waals surface area contributed by atoms with Crippen molar-refractivity contribution in [2.75, 3.05) is 26.1 Å². The van der Waals surface area contributed by atoms with Crippen LogP contribution in [0, 0.1) is 0 Å². The van der Waals surface area contributed by atoms with E-state index in [4.69, 9.17) is 9.57 Å². The van der Waals surface area contributed by atoms with Gasteiger partial charge in [-0.15, -0.1) is 0 Å². The smallest absolute Gasteiger partial charge is 0.264 e. The number of amides is 1. The van der Waals surface area contributed by atoms with Crippen molar-refractivity contribution in [2.24, 2.45) is 0 Å². The molecule has 0 aliphatic carbocycles. The second kappa shape index (κ2) is 8.72. The van der Waals surface area contributed by atoms with Crippen LogP contribution in [0.5, 0.6) is 5.75 Å². The molecule has 0 heterocycles. The lowest BCUT2D eigenvalue weighted by atomic mass is 9.87. The molecule has 0 spiro atoms. The van der Waals surface area contributed by atoms with Gasteiger partial charge in [0.15, 0.2) is 6.61 Å². The number of rotatable bonds is 7. The van der Waals surface area contributed by atoms with E-state index in [1.807, 2.05) is 18.2 Å². The van der Waals surface area contributed by atoms with Gasteiger partial charge in [-0.25, -0.2) is 8.42 Å². The third-order valence-corrected chi connectivity index (χ3v) is 5.80. The van der Waals surface area contributed by atoms with E-state index < -0.39 is 10.0 Å². The molecular formula is C20H26N2O5S. The molecular weight excluding hydrogens is 380 g/mol. The van der Waals surface area contributed by atoms with Crippen molar-refractivity contribution >= 4 is 21.6 Å². The molecule has 0 fully saturated rings. The minimum atomic E-state index is -3.72. The van der Waals surface area contributed by atoms with E-state index in [1.54, 1.807) is 6.07 Å². The standard InChI is InChI=1S/C20H26N2O5S/c1-20(2,3)15-7-6-8-17(13-15)27-14-19(23)21-16-9-11-18(12-10-16)28(24,25)22(4)26-5/h6-13H,14H2,1-5H3,(H,21,23). The minimum Gasteiger partial charge on any atom is -0.484 e. The zero-order valence-corrected chi connectivity index (χ0v) is 17.5. The molecule has 1 amide bonds. The lowest BCUT2D eigenvalue weighted by Crippen LogP contribution is -2.25. The maximum absolute atomic E-state index is 12.1. The molecule has 0 saturated carbocycles. The number of anilines is 1.